The van der Waals surface area contributed by atoms with Crippen molar-refractivity contribution in [2.75, 3.05) is 13.2 Å². The number of benzene rings is 1. The summed E-state index contributed by atoms with van der Waals surface area (Å²) >= 11 is 0. The molecule has 18 heavy (non-hydrogen) atoms. The summed E-state index contributed by atoms with van der Waals surface area (Å²) in [4.78, 5) is 20.6. The van der Waals surface area contributed by atoms with E-state index >= 15 is 0 Å². The number of nitrogens with zero attached hydrogens (tertiary/aromatic N) is 2. The Kier molecular flexibility index (Phi) is 2.28. The fraction of sp³-hybridized carbons (Fsp3) is 0.400. The lowest BCUT2D eigenvalue weighted by Crippen LogP contribution is -2.01. The molecule has 1 aromatic carbocycles. The van der Waals surface area contributed by atoms with Crippen molar-refractivity contribution >= 4 is 11.4 Å². The van der Waals surface area contributed by atoms with E-state index in [2.05, 4.69) is 0 Å². The highest BCUT2D eigenvalue weighted by Crippen LogP contribution is 2.44. The molecular formula is C10H8N2O6. The molecular weight excluding hydrogens is 244 g/mol. The predicted octanol–water partition coefficient (Wildman–Crippen LogP) is 1.65. The third-order valence-corrected chi connectivity index (χ3v) is 2.93. The van der Waals surface area contributed by atoms with Crippen molar-refractivity contribution in [3.63, 3.8) is 0 Å². The second-order valence-corrected chi connectivity index (χ2v) is 4.13. The number of nitro groups is 2. The van der Waals surface area contributed by atoms with E-state index in [0.717, 1.165) is 6.07 Å². The van der Waals surface area contributed by atoms with E-state index in [1.165, 1.54) is 6.07 Å². The van der Waals surface area contributed by atoms with Gasteiger partial charge in [0.05, 0.1) is 40.3 Å². The molecule has 94 valence electrons. The van der Waals surface area contributed by atoms with Gasteiger partial charge in [-0.15, -0.1) is 0 Å². The molecule has 0 N–H and O–H groups in total. The lowest BCUT2D eigenvalue weighted by Gasteiger charge is -2.04. The Labute approximate surface area is 100 Å². The van der Waals surface area contributed by atoms with Crippen molar-refractivity contribution in [1.29, 1.82) is 0 Å². The quantitative estimate of drug-likeness (QED) is 0.457. The molecule has 2 aliphatic rings. The Morgan fingerprint density at radius 3 is 1.61 bits per heavy atom. The number of nitro benzene ring substituents is 2. The number of epoxide rings is 2. The van der Waals surface area contributed by atoms with Gasteiger partial charge in [0.15, 0.2) is 0 Å². The maximum atomic E-state index is 10.9. The van der Waals surface area contributed by atoms with Crippen LogP contribution in [0.2, 0.25) is 0 Å². The molecule has 0 aliphatic carbocycles. The van der Waals surface area contributed by atoms with Gasteiger partial charge in [0.1, 0.15) is 12.2 Å². The zero-order chi connectivity index (χ0) is 12.9. The fourth-order valence-electron chi connectivity index (χ4n) is 1.90. The van der Waals surface area contributed by atoms with Crippen LogP contribution in [0.25, 0.3) is 0 Å². The summed E-state index contributed by atoms with van der Waals surface area (Å²) in [6.45, 7) is 0.813. The minimum absolute atomic E-state index is 0.270. The highest BCUT2D eigenvalue weighted by Gasteiger charge is 2.39. The highest BCUT2D eigenvalue weighted by molar-refractivity contribution is 5.57. The van der Waals surface area contributed by atoms with Gasteiger partial charge in [-0.05, 0) is 6.07 Å². The van der Waals surface area contributed by atoms with Gasteiger partial charge in [-0.2, -0.15) is 0 Å². The monoisotopic (exact) mass is 252 g/mol. The normalized spacial score (nSPS) is 24.7. The lowest BCUT2D eigenvalue weighted by molar-refractivity contribution is -0.395. The molecule has 2 aliphatic heterocycles. The molecule has 0 amide bonds. The Morgan fingerprint density at radius 1 is 0.944 bits per heavy atom. The number of hydrogen-bond acceptors (Lipinski definition) is 6. The summed E-state index contributed by atoms with van der Waals surface area (Å²) in [5, 5.41) is 21.8. The second-order valence-electron chi connectivity index (χ2n) is 4.13. The first kappa shape index (κ1) is 11.1. The molecule has 3 rings (SSSR count). The first-order valence-electron chi connectivity index (χ1n) is 5.27. The Hall–Kier alpha value is -2.06. The van der Waals surface area contributed by atoms with Gasteiger partial charge >= 0.3 is 0 Å². The topological polar surface area (TPSA) is 111 Å². The smallest absolute Gasteiger partial charge is 0.282 e. The van der Waals surface area contributed by atoms with Gasteiger partial charge in [0, 0.05) is 0 Å². The average Bonchev–Trinajstić information content (AvgIpc) is 3.16. The van der Waals surface area contributed by atoms with Gasteiger partial charge in [0.2, 0.25) is 0 Å². The largest absolute Gasteiger partial charge is 0.368 e. The molecule has 0 aromatic heterocycles. The average molecular weight is 252 g/mol. The van der Waals surface area contributed by atoms with Crippen LogP contribution in [0.15, 0.2) is 12.1 Å². The van der Waals surface area contributed by atoms with Gasteiger partial charge in [-0.1, -0.05) is 0 Å². The van der Waals surface area contributed by atoms with Crippen LogP contribution in [0, 0.1) is 20.2 Å². The summed E-state index contributed by atoms with van der Waals surface area (Å²) in [7, 11) is 0. The molecule has 0 saturated carbocycles. The molecule has 2 fully saturated rings. The van der Waals surface area contributed by atoms with E-state index in [0.29, 0.717) is 24.3 Å². The van der Waals surface area contributed by atoms with Crippen molar-refractivity contribution in [3.8, 4) is 0 Å². The first-order valence-corrected chi connectivity index (χ1v) is 5.27. The summed E-state index contributed by atoms with van der Waals surface area (Å²) < 4.78 is 10.1. The molecule has 0 bridgehead atoms. The van der Waals surface area contributed by atoms with Gasteiger partial charge in [-0.3, -0.25) is 20.2 Å². The van der Waals surface area contributed by atoms with Gasteiger partial charge < -0.3 is 9.47 Å². The van der Waals surface area contributed by atoms with Crippen molar-refractivity contribution in [2.45, 2.75) is 12.2 Å². The molecule has 2 atom stereocenters. The van der Waals surface area contributed by atoms with Gasteiger partial charge in [-0.25, -0.2) is 0 Å². The number of hydrogen-bond donors (Lipinski definition) is 0. The zero-order valence-corrected chi connectivity index (χ0v) is 9.07. The van der Waals surface area contributed by atoms with Crippen LogP contribution >= 0.6 is 0 Å². The Morgan fingerprint density at radius 2 is 1.33 bits per heavy atom. The van der Waals surface area contributed by atoms with Crippen LogP contribution in [-0.4, -0.2) is 23.1 Å². The Bertz CT molecular complexity index is 504. The first-order chi connectivity index (χ1) is 8.58. The van der Waals surface area contributed by atoms with E-state index in [-0.39, 0.29) is 23.6 Å². The molecule has 2 heterocycles. The molecule has 8 heteroatoms. The second kappa shape index (κ2) is 3.72. The maximum Gasteiger partial charge on any atom is 0.282 e. The van der Waals surface area contributed by atoms with E-state index in [9.17, 15) is 20.2 Å². The van der Waals surface area contributed by atoms with Crippen LogP contribution in [0.3, 0.4) is 0 Å². The van der Waals surface area contributed by atoms with Crippen molar-refractivity contribution in [1.82, 2.24) is 0 Å². The molecule has 8 nitrogen and oxygen atoms in total. The molecule has 1 aromatic rings. The molecule has 0 spiro atoms. The van der Waals surface area contributed by atoms with Crippen LogP contribution < -0.4 is 0 Å². The van der Waals surface area contributed by atoms with Crippen molar-refractivity contribution < 1.29 is 19.3 Å². The predicted molar refractivity (Wildman–Crippen MR) is 57.1 cm³/mol. The van der Waals surface area contributed by atoms with Crippen LogP contribution in [0.4, 0.5) is 11.4 Å². The maximum absolute atomic E-state index is 10.9. The van der Waals surface area contributed by atoms with Crippen molar-refractivity contribution in [3.05, 3.63) is 43.5 Å². The number of ether oxygens (including phenoxy) is 2. The van der Waals surface area contributed by atoms with E-state index < -0.39 is 9.85 Å². The third kappa shape index (κ3) is 1.81. The van der Waals surface area contributed by atoms with E-state index in [4.69, 9.17) is 9.47 Å². The summed E-state index contributed by atoms with van der Waals surface area (Å²) in [5.74, 6) is 0. The zero-order valence-electron chi connectivity index (χ0n) is 9.07. The van der Waals surface area contributed by atoms with Crippen LogP contribution in [0.1, 0.15) is 23.3 Å². The van der Waals surface area contributed by atoms with Crippen molar-refractivity contribution in [2.24, 2.45) is 0 Å². The van der Waals surface area contributed by atoms with Crippen LogP contribution in [-0.2, 0) is 9.47 Å². The summed E-state index contributed by atoms with van der Waals surface area (Å²) in [5.41, 5.74) is 0.231. The third-order valence-electron chi connectivity index (χ3n) is 2.93. The molecule has 0 unspecified atom stereocenters. The summed E-state index contributed by atoms with van der Waals surface area (Å²) in [6, 6.07) is 2.46. The van der Waals surface area contributed by atoms with E-state index in [1.54, 1.807) is 0 Å². The van der Waals surface area contributed by atoms with Crippen LogP contribution in [0.5, 0.6) is 0 Å². The fourth-order valence-corrected chi connectivity index (χ4v) is 1.90. The Balaban J connectivity index is 2.16. The SMILES string of the molecule is O=[N+]([O-])c1cc([N+](=O)[O-])c([C@H]2CO2)cc1[C@@H]1CO1. The molecule has 0 radical (unpaired) electrons. The lowest BCUT2D eigenvalue weighted by atomic mass is 10.0. The minimum atomic E-state index is -0.623. The number of rotatable bonds is 4. The highest BCUT2D eigenvalue weighted by atomic mass is 16.6. The standard InChI is InChI=1S/C10H8N2O6/c13-11(14)7-2-8(12(15)16)6(10-4-18-10)1-5(7)9-3-17-9/h1-2,9-10H,3-4H2/t9-,10+. The molecule has 2 saturated heterocycles. The van der Waals surface area contributed by atoms with Gasteiger partial charge in [0.25, 0.3) is 11.4 Å². The van der Waals surface area contributed by atoms with E-state index in [1.807, 2.05) is 0 Å². The summed E-state index contributed by atoms with van der Waals surface area (Å²) in [6.07, 6.45) is -0.660. The minimum Gasteiger partial charge on any atom is -0.368 e.